The molecule has 5 nitrogen and oxygen atoms in total. The molecule has 1 aliphatic rings. The van der Waals surface area contributed by atoms with Crippen LogP contribution in [0.5, 0.6) is 0 Å². The van der Waals surface area contributed by atoms with E-state index in [0.717, 1.165) is 25.7 Å². The van der Waals surface area contributed by atoms with Crippen molar-refractivity contribution in [2.45, 2.75) is 51.5 Å². The topological polar surface area (TPSA) is 87.7 Å². The molecule has 5 heteroatoms. The van der Waals surface area contributed by atoms with Crippen LogP contribution in [0.25, 0.3) is 0 Å². The Bertz CT molecular complexity index is 258. The van der Waals surface area contributed by atoms with E-state index in [0.29, 0.717) is 0 Å². The van der Waals surface area contributed by atoms with Gasteiger partial charge in [0.25, 0.3) is 0 Å². The largest absolute Gasteiger partial charge is 0.409 e. The van der Waals surface area contributed by atoms with Crippen LogP contribution in [0.4, 0.5) is 0 Å². The molecular weight excluding hydrogens is 206 g/mol. The van der Waals surface area contributed by atoms with Gasteiger partial charge in [-0.25, -0.2) is 0 Å². The van der Waals surface area contributed by atoms with E-state index in [1.807, 2.05) is 0 Å². The lowest BCUT2D eigenvalue weighted by Gasteiger charge is -2.17. The highest BCUT2D eigenvalue weighted by Crippen LogP contribution is 2.22. The first kappa shape index (κ1) is 12.8. The van der Waals surface area contributed by atoms with Crippen LogP contribution in [0.2, 0.25) is 0 Å². The van der Waals surface area contributed by atoms with E-state index < -0.39 is 6.04 Å². The van der Waals surface area contributed by atoms with E-state index in [2.05, 4.69) is 10.5 Å². The summed E-state index contributed by atoms with van der Waals surface area (Å²) in [5.74, 6) is 0.166. The second-order valence-electron chi connectivity index (χ2n) is 4.44. The van der Waals surface area contributed by atoms with Crippen LogP contribution in [-0.2, 0) is 4.79 Å². The second kappa shape index (κ2) is 6.35. The van der Waals surface area contributed by atoms with Crippen molar-refractivity contribution in [1.29, 1.82) is 0 Å². The number of carbonyl (C=O) groups is 1. The number of nitrogens with one attached hydrogen (secondary N) is 1. The Balaban J connectivity index is 2.44. The zero-order chi connectivity index (χ0) is 12.0. The maximum atomic E-state index is 11.9. The fourth-order valence-corrected chi connectivity index (χ4v) is 2.03. The molecule has 0 radical (unpaired) electrons. The predicted octanol–water partition coefficient (Wildman–Crippen LogP) is 1.21. The van der Waals surface area contributed by atoms with Crippen LogP contribution in [0.3, 0.4) is 0 Å². The number of carbonyl (C=O) groups excluding carboxylic acids is 1. The molecule has 1 saturated carbocycles. The van der Waals surface area contributed by atoms with Crippen molar-refractivity contribution in [2.24, 2.45) is 16.8 Å². The molecule has 1 unspecified atom stereocenters. The Morgan fingerprint density at radius 1 is 1.38 bits per heavy atom. The second-order valence-corrected chi connectivity index (χ2v) is 4.44. The normalized spacial score (nSPS) is 21.2. The third-order valence-electron chi connectivity index (χ3n) is 3.14. The molecular formula is C11H21N3O2. The maximum absolute atomic E-state index is 11.9. The summed E-state index contributed by atoms with van der Waals surface area (Å²) >= 11 is 0. The van der Waals surface area contributed by atoms with Crippen LogP contribution < -0.4 is 11.1 Å². The standard InChI is InChI=1S/C11H21N3O2/c1-8(10(12)14-16)13-11(15)9-6-4-2-3-5-7-9/h8-9,16H,2-7H2,1H3,(H2,12,14)(H,13,15). The lowest BCUT2D eigenvalue weighted by atomic mass is 9.99. The molecule has 0 spiro atoms. The summed E-state index contributed by atoms with van der Waals surface area (Å²) in [6.45, 7) is 1.71. The highest BCUT2D eigenvalue weighted by molar-refractivity contribution is 5.90. The van der Waals surface area contributed by atoms with Crippen LogP contribution in [0.15, 0.2) is 5.16 Å². The van der Waals surface area contributed by atoms with Crippen molar-refractivity contribution >= 4 is 11.7 Å². The smallest absolute Gasteiger partial charge is 0.223 e. The monoisotopic (exact) mass is 227 g/mol. The van der Waals surface area contributed by atoms with Gasteiger partial charge in [0.05, 0.1) is 6.04 Å². The average Bonchev–Trinajstić information content (AvgIpc) is 2.56. The molecule has 16 heavy (non-hydrogen) atoms. The number of amides is 1. The molecule has 0 aromatic rings. The number of oxime groups is 1. The van der Waals surface area contributed by atoms with Crippen LogP contribution in [-0.4, -0.2) is 23.0 Å². The number of amidine groups is 1. The Hall–Kier alpha value is -1.26. The summed E-state index contributed by atoms with van der Waals surface area (Å²) in [7, 11) is 0. The molecule has 0 saturated heterocycles. The van der Waals surface area contributed by atoms with Gasteiger partial charge in [-0.1, -0.05) is 30.8 Å². The number of nitrogens with zero attached hydrogens (tertiary/aromatic N) is 1. The van der Waals surface area contributed by atoms with Crippen molar-refractivity contribution in [3.8, 4) is 0 Å². The van der Waals surface area contributed by atoms with E-state index >= 15 is 0 Å². The van der Waals surface area contributed by atoms with E-state index in [-0.39, 0.29) is 17.7 Å². The summed E-state index contributed by atoms with van der Waals surface area (Å²) < 4.78 is 0. The van der Waals surface area contributed by atoms with Crippen molar-refractivity contribution in [3.05, 3.63) is 0 Å². The summed E-state index contributed by atoms with van der Waals surface area (Å²) in [6.07, 6.45) is 6.59. The first-order valence-corrected chi connectivity index (χ1v) is 5.93. The van der Waals surface area contributed by atoms with Gasteiger partial charge in [0, 0.05) is 5.92 Å². The fraction of sp³-hybridized carbons (Fsp3) is 0.818. The Labute approximate surface area is 96.1 Å². The first-order chi connectivity index (χ1) is 7.65. The third-order valence-corrected chi connectivity index (χ3v) is 3.14. The number of hydrogen-bond donors (Lipinski definition) is 3. The van der Waals surface area contributed by atoms with Crippen molar-refractivity contribution in [3.63, 3.8) is 0 Å². The van der Waals surface area contributed by atoms with Crippen LogP contribution in [0.1, 0.15) is 45.4 Å². The quantitative estimate of drug-likeness (QED) is 0.223. The van der Waals surface area contributed by atoms with Gasteiger partial charge in [-0.3, -0.25) is 4.79 Å². The van der Waals surface area contributed by atoms with Crippen LogP contribution in [0, 0.1) is 5.92 Å². The summed E-state index contributed by atoms with van der Waals surface area (Å²) in [5.41, 5.74) is 5.41. The molecule has 0 aliphatic heterocycles. The molecule has 0 bridgehead atoms. The molecule has 92 valence electrons. The minimum absolute atomic E-state index is 0.0287. The van der Waals surface area contributed by atoms with E-state index in [1.54, 1.807) is 6.92 Å². The Morgan fingerprint density at radius 3 is 2.44 bits per heavy atom. The molecule has 0 aromatic heterocycles. The summed E-state index contributed by atoms with van der Waals surface area (Å²) in [6, 6.07) is -0.402. The Morgan fingerprint density at radius 2 is 1.94 bits per heavy atom. The molecule has 1 amide bonds. The molecule has 1 rings (SSSR count). The maximum Gasteiger partial charge on any atom is 0.223 e. The SMILES string of the molecule is CC(NC(=O)C1CCCCCC1)C(N)=NO. The van der Waals surface area contributed by atoms with Gasteiger partial charge in [0.2, 0.25) is 5.91 Å². The molecule has 4 N–H and O–H groups in total. The summed E-state index contributed by atoms with van der Waals surface area (Å²) in [5, 5.41) is 14.1. The van der Waals surface area contributed by atoms with E-state index in [9.17, 15) is 4.79 Å². The minimum Gasteiger partial charge on any atom is -0.409 e. The number of hydrogen-bond acceptors (Lipinski definition) is 3. The van der Waals surface area contributed by atoms with Gasteiger partial charge in [-0.05, 0) is 19.8 Å². The van der Waals surface area contributed by atoms with Gasteiger partial charge >= 0.3 is 0 Å². The van der Waals surface area contributed by atoms with Gasteiger partial charge < -0.3 is 16.3 Å². The lowest BCUT2D eigenvalue weighted by molar-refractivity contribution is -0.125. The average molecular weight is 227 g/mol. The highest BCUT2D eigenvalue weighted by atomic mass is 16.4. The molecule has 1 aliphatic carbocycles. The first-order valence-electron chi connectivity index (χ1n) is 5.93. The van der Waals surface area contributed by atoms with Crippen molar-refractivity contribution in [2.75, 3.05) is 0 Å². The van der Waals surface area contributed by atoms with Crippen LogP contribution >= 0.6 is 0 Å². The van der Waals surface area contributed by atoms with Gasteiger partial charge in [-0.15, -0.1) is 0 Å². The molecule has 0 heterocycles. The van der Waals surface area contributed by atoms with Gasteiger partial charge in [0.15, 0.2) is 5.84 Å². The third kappa shape index (κ3) is 3.72. The van der Waals surface area contributed by atoms with Crippen molar-refractivity contribution < 1.29 is 10.0 Å². The van der Waals surface area contributed by atoms with E-state index in [4.69, 9.17) is 10.9 Å². The number of nitrogens with two attached hydrogens (primary N) is 1. The Kier molecular flexibility index (Phi) is 5.08. The molecule has 1 atom stereocenters. The molecule has 0 aromatic carbocycles. The lowest BCUT2D eigenvalue weighted by Crippen LogP contribution is -2.44. The van der Waals surface area contributed by atoms with Gasteiger partial charge in [0.1, 0.15) is 0 Å². The zero-order valence-corrected chi connectivity index (χ0v) is 9.78. The number of rotatable bonds is 3. The predicted molar refractivity (Wildman–Crippen MR) is 62.2 cm³/mol. The zero-order valence-electron chi connectivity index (χ0n) is 9.78. The minimum atomic E-state index is -0.402. The fourth-order valence-electron chi connectivity index (χ4n) is 2.03. The van der Waals surface area contributed by atoms with E-state index in [1.165, 1.54) is 12.8 Å². The molecule has 1 fully saturated rings. The van der Waals surface area contributed by atoms with Crippen molar-refractivity contribution in [1.82, 2.24) is 5.32 Å². The summed E-state index contributed by atoms with van der Waals surface area (Å²) in [4.78, 5) is 11.9. The highest BCUT2D eigenvalue weighted by Gasteiger charge is 2.22. The van der Waals surface area contributed by atoms with Gasteiger partial charge in [-0.2, -0.15) is 0 Å².